The maximum absolute atomic E-state index is 13.4. The van der Waals surface area contributed by atoms with E-state index in [9.17, 15) is 9.18 Å². The van der Waals surface area contributed by atoms with Gasteiger partial charge in [-0.1, -0.05) is 74.0 Å². The molecule has 0 saturated carbocycles. The predicted molar refractivity (Wildman–Crippen MR) is 216 cm³/mol. The summed E-state index contributed by atoms with van der Waals surface area (Å²) < 4.78 is 31.1. The second-order valence-electron chi connectivity index (χ2n) is 13.6. The summed E-state index contributed by atoms with van der Waals surface area (Å²) >= 11 is 6.61. The second kappa shape index (κ2) is 19.4. The van der Waals surface area contributed by atoms with Gasteiger partial charge >= 0.3 is 0 Å². The van der Waals surface area contributed by atoms with Crippen LogP contribution >= 0.6 is 24.0 Å². The molecular weight excluding hydrogens is 724 g/mol. The van der Waals surface area contributed by atoms with Gasteiger partial charge in [0.15, 0.2) is 5.75 Å². The van der Waals surface area contributed by atoms with E-state index in [1.54, 1.807) is 48.7 Å². The van der Waals surface area contributed by atoms with Gasteiger partial charge in [0.1, 0.15) is 23.9 Å². The summed E-state index contributed by atoms with van der Waals surface area (Å²) in [5.74, 6) is 2.46. The monoisotopic (exact) mass is 769 g/mol. The van der Waals surface area contributed by atoms with Crippen LogP contribution < -0.4 is 14.2 Å². The Hall–Kier alpha value is -4.89. The highest BCUT2D eigenvalue weighted by Gasteiger charge is 2.20. The van der Waals surface area contributed by atoms with Gasteiger partial charge in [-0.25, -0.2) is 9.37 Å². The lowest BCUT2D eigenvalue weighted by Gasteiger charge is -2.34. The molecule has 1 fully saturated rings. The number of hydrogen-bond acceptors (Lipinski definition) is 6. The zero-order valence-corrected chi connectivity index (χ0v) is 32.4. The van der Waals surface area contributed by atoms with Crippen molar-refractivity contribution in [2.24, 2.45) is 0 Å². The smallest absolute Gasteiger partial charge is 0.246 e. The number of ether oxygens (including phenoxy) is 3. The third kappa shape index (κ3) is 11.6. The van der Waals surface area contributed by atoms with Gasteiger partial charge in [-0.15, -0.1) is 12.4 Å². The molecule has 1 saturated heterocycles. The summed E-state index contributed by atoms with van der Waals surface area (Å²) in [6.45, 7) is 11.0. The highest BCUT2D eigenvalue weighted by molar-refractivity contribution is 6.32. The Labute approximate surface area is 328 Å². The van der Waals surface area contributed by atoms with Crippen LogP contribution in [0, 0.1) is 12.7 Å². The van der Waals surface area contributed by atoms with Gasteiger partial charge in [-0.3, -0.25) is 9.69 Å². The largest absolute Gasteiger partial charge is 0.493 e. The van der Waals surface area contributed by atoms with E-state index in [-0.39, 0.29) is 30.7 Å². The number of hydrogen-bond donors (Lipinski definition) is 0. The van der Waals surface area contributed by atoms with Crippen LogP contribution in [0.1, 0.15) is 53.1 Å². The molecule has 4 aromatic carbocycles. The van der Waals surface area contributed by atoms with Gasteiger partial charge in [0, 0.05) is 51.3 Å². The Morgan fingerprint density at radius 2 is 1.59 bits per heavy atom. The second-order valence-corrected chi connectivity index (χ2v) is 14.0. The lowest BCUT2D eigenvalue weighted by molar-refractivity contribution is -0.127. The SMILES string of the molecule is Cc1cc(/C=C/C(=O)N2CCN(Cc3ccc(CCOc4ccc(C(C)C)cc4)cc3)CC2)cc(Cl)c1Oc1ccc(OCc2cccc(F)c2)cn1.Cl. The van der Waals surface area contributed by atoms with Crippen molar-refractivity contribution >= 4 is 36.0 Å². The van der Waals surface area contributed by atoms with E-state index in [1.807, 2.05) is 30.0 Å². The zero-order valence-electron chi connectivity index (χ0n) is 30.8. The van der Waals surface area contributed by atoms with Gasteiger partial charge in [0.25, 0.3) is 0 Å². The fourth-order valence-corrected chi connectivity index (χ4v) is 6.41. The van der Waals surface area contributed by atoms with Crippen LogP contribution in [0.2, 0.25) is 5.02 Å². The first kappa shape index (κ1) is 40.3. The maximum atomic E-state index is 13.4. The molecule has 1 aliphatic rings. The quantitative estimate of drug-likeness (QED) is 0.105. The number of piperazine rings is 1. The third-order valence-electron chi connectivity index (χ3n) is 9.20. The molecule has 0 spiro atoms. The van der Waals surface area contributed by atoms with Crippen LogP contribution in [0.25, 0.3) is 6.08 Å². The number of carbonyl (C=O) groups is 1. The summed E-state index contributed by atoms with van der Waals surface area (Å²) in [5.41, 5.74) is 6.16. The van der Waals surface area contributed by atoms with E-state index >= 15 is 0 Å². The van der Waals surface area contributed by atoms with E-state index < -0.39 is 0 Å². The number of pyridine rings is 1. The maximum Gasteiger partial charge on any atom is 0.246 e. The Morgan fingerprint density at radius 3 is 2.26 bits per heavy atom. The summed E-state index contributed by atoms with van der Waals surface area (Å²) in [6.07, 6.45) is 5.79. The van der Waals surface area contributed by atoms with Crippen molar-refractivity contribution in [2.75, 3.05) is 32.8 Å². The van der Waals surface area contributed by atoms with Crippen LogP contribution in [-0.4, -0.2) is 53.5 Å². The third-order valence-corrected chi connectivity index (χ3v) is 9.48. The summed E-state index contributed by atoms with van der Waals surface area (Å²) in [7, 11) is 0. The van der Waals surface area contributed by atoms with Crippen molar-refractivity contribution in [3.63, 3.8) is 0 Å². The Balaban J connectivity index is 0.00000561. The van der Waals surface area contributed by atoms with Gasteiger partial charge in [-0.05, 0) is 94.8 Å². The van der Waals surface area contributed by atoms with Crippen molar-refractivity contribution in [1.29, 1.82) is 0 Å². The number of amides is 1. The highest BCUT2D eigenvalue weighted by Crippen LogP contribution is 2.34. The molecule has 1 aliphatic heterocycles. The zero-order chi connectivity index (χ0) is 37.2. The first-order valence-electron chi connectivity index (χ1n) is 18.0. The average molecular weight is 771 g/mol. The van der Waals surface area contributed by atoms with E-state index in [1.165, 1.54) is 28.8 Å². The van der Waals surface area contributed by atoms with Crippen LogP contribution in [-0.2, 0) is 24.4 Å². The van der Waals surface area contributed by atoms with Gasteiger partial charge in [0.05, 0.1) is 17.8 Å². The van der Waals surface area contributed by atoms with Crippen LogP contribution in [0.3, 0.4) is 0 Å². The lowest BCUT2D eigenvalue weighted by atomic mass is 10.0. The molecule has 0 radical (unpaired) electrons. The Kier molecular flexibility index (Phi) is 14.5. The molecule has 7 nitrogen and oxygen atoms in total. The molecule has 1 aromatic heterocycles. The first-order valence-corrected chi connectivity index (χ1v) is 18.4. The standard InChI is InChI=1S/C44H45ClFN3O4.ClH/c1-31(2)37-12-14-39(15-13-37)51-24-19-33-7-9-34(10-8-33)29-48-20-22-49(23-21-48)43(50)18-11-35-25-32(3)44(41(45)27-35)53-42-17-16-40(28-47-42)52-30-36-5-4-6-38(46)26-36;/h4-18,25-28,31H,19-24,29-30H2,1-3H3;1H/b18-11+;. The summed E-state index contributed by atoms with van der Waals surface area (Å²) in [6, 6.07) is 30.5. The van der Waals surface area contributed by atoms with Crippen molar-refractivity contribution < 1.29 is 23.4 Å². The van der Waals surface area contributed by atoms with Crippen molar-refractivity contribution in [3.8, 4) is 23.1 Å². The number of nitrogens with zero attached hydrogens (tertiary/aromatic N) is 3. The minimum Gasteiger partial charge on any atom is -0.493 e. The van der Waals surface area contributed by atoms with Gasteiger partial charge in [0.2, 0.25) is 11.8 Å². The molecule has 0 unspecified atom stereocenters. The first-order chi connectivity index (χ1) is 25.7. The molecule has 5 aromatic rings. The fraction of sp³-hybridized carbons (Fsp3) is 0.273. The summed E-state index contributed by atoms with van der Waals surface area (Å²) in [4.78, 5) is 21.7. The summed E-state index contributed by atoms with van der Waals surface area (Å²) in [5, 5.41) is 0.410. The van der Waals surface area contributed by atoms with Crippen LogP contribution in [0.15, 0.2) is 109 Å². The fourth-order valence-electron chi connectivity index (χ4n) is 6.10. The van der Waals surface area contributed by atoms with E-state index in [0.717, 1.165) is 48.5 Å². The lowest BCUT2D eigenvalue weighted by Crippen LogP contribution is -2.47. The molecule has 54 heavy (non-hydrogen) atoms. The predicted octanol–water partition coefficient (Wildman–Crippen LogP) is 10.1. The molecule has 0 N–H and O–H groups in total. The molecule has 282 valence electrons. The molecule has 0 atom stereocenters. The average Bonchev–Trinajstić information content (AvgIpc) is 3.16. The normalized spacial score (nSPS) is 13.2. The van der Waals surface area contributed by atoms with Gasteiger partial charge < -0.3 is 19.1 Å². The molecule has 0 bridgehead atoms. The number of rotatable bonds is 14. The Morgan fingerprint density at radius 1 is 0.870 bits per heavy atom. The number of carbonyl (C=O) groups excluding carboxylic acids is 1. The number of aryl methyl sites for hydroxylation is 1. The number of benzene rings is 4. The van der Waals surface area contributed by atoms with Gasteiger partial charge in [-0.2, -0.15) is 0 Å². The van der Waals surface area contributed by atoms with E-state index in [0.29, 0.717) is 48.0 Å². The van der Waals surface area contributed by atoms with Crippen molar-refractivity contribution in [2.45, 2.75) is 46.3 Å². The van der Waals surface area contributed by atoms with E-state index in [4.69, 9.17) is 25.8 Å². The van der Waals surface area contributed by atoms with Crippen molar-refractivity contribution in [3.05, 3.63) is 154 Å². The molecule has 0 aliphatic carbocycles. The topological polar surface area (TPSA) is 64.1 Å². The number of halogens is 3. The van der Waals surface area contributed by atoms with E-state index in [2.05, 4.69) is 60.1 Å². The highest BCUT2D eigenvalue weighted by atomic mass is 35.5. The van der Waals surface area contributed by atoms with Crippen molar-refractivity contribution in [1.82, 2.24) is 14.8 Å². The molecule has 6 rings (SSSR count). The minimum atomic E-state index is -0.307. The molecule has 2 heterocycles. The number of aromatic nitrogens is 1. The molecule has 10 heteroatoms. The Bertz CT molecular complexity index is 1970. The van der Waals surface area contributed by atoms with Crippen LogP contribution in [0.4, 0.5) is 4.39 Å². The molecule has 1 amide bonds. The minimum absolute atomic E-state index is 0. The van der Waals surface area contributed by atoms with Crippen LogP contribution in [0.5, 0.6) is 23.1 Å². The molecular formula is C44H46Cl2FN3O4.